The molecule has 0 saturated carbocycles. The fourth-order valence-electron chi connectivity index (χ4n) is 1.76. The van der Waals surface area contributed by atoms with Crippen molar-refractivity contribution in [2.24, 2.45) is 0 Å². The van der Waals surface area contributed by atoms with Gasteiger partial charge in [0.15, 0.2) is 11.9 Å². The predicted molar refractivity (Wildman–Crippen MR) is 77.2 cm³/mol. The molecule has 1 aromatic heterocycles. The molecule has 1 atom stereocenters. The van der Waals surface area contributed by atoms with Crippen LogP contribution in [0.3, 0.4) is 0 Å². The van der Waals surface area contributed by atoms with Gasteiger partial charge in [-0.05, 0) is 20.3 Å². The van der Waals surface area contributed by atoms with Gasteiger partial charge in [-0.15, -0.1) is 5.10 Å². The Labute approximate surface area is 128 Å². The monoisotopic (exact) mass is 314 g/mol. The van der Waals surface area contributed by atoms with Crippen molar-refractivity contribution in [1.29, 1.82) is 0 Å². The number of nitrogens with two attached hydrogens (primary N) is 1. The maximum Gasteiger partial charge on any atom is 0.362 e. The molecule has 1 unspecified atom stereocenters. The smallest absolute Gasteiger partial charge is 0.362 e. The van der Waals surface area contributed by atoms with Crippen LogP contribution >= 0.6 is 0 Å². The summed E-state index contributed by atoms with van der Waals surface area (Å²) in [6.07, 6.45) is 0.392. The minimum Gasteiger partial charge on any atom is -0.462 e. The van der Waals surface area contributed by atoms with E-state index in [1.165, 1.54) is 4.68 Å². The molecule has 0 fully saturated rings. The van der Waals surface area contributed by atoms with Crippen molar-refractivity contribution in [3.05, 3.63) is 5.69 Å². The molecule has 0 aliphatic carbocycles. The van der Waals surface area contributed by atoms with Gasteiger partial charge in [0.05, 0.1) is 13.2 Å². The third kappa shape index (κ3) is 4.42. The maximum atomic E-state index is 12.1. The standard InChI is InChI=1S/C13H22N4O5/c1-4-9(12(18)22-8-7-20-5-2)17-11(14)10(15-16-17)13(19)21-6-3/h9H,4-8,14H2,1-3H3. The summed E-state index contributed by atoms with van der Waals surface area (Å²) in [6, 6.07) is -0.752. The highest BCUT2D eigenvalue weighted by Crippen LogP contribution is 2.19. The maximum absolute atomic E-state index is 12.1. The van der Waals surface area contributed by atoms with Gasteiger partial charge in [-0.2, -0.15) is 0 Å². The van der Waals surface area contributed by atoms with Crippen molar-refractivity contribution < 1.29 is 23.8 Å². The molecule has 2 N–H and O–H groups in total. The Hall–Kier alpha value is -2.16. The SMILES string of the molecule is CCOCCOC(=O)C(CC)n1nnc(C(=O)OCC)c1N. The van der Waals surface area contributed by atoms with Crippen LogP contribution < -0.4 is 5.73 Å². The second-order valence-electron chi connectivity index (χ2n) is 4.28. The molecule has 0 spiro atoms. The van der Waals surface area contributed by atoms with Crippen LogP contribution in [0, 0.1) is 0 Å². The quantitative estimate of drug-likeness (QED) is 0.519. The van der Waals surface area contributed by atoms with Gasteiger partial charge in [0.25, 0.3) is 0 Å². The average molecular weight is 314 g/mol. The van der Waals surface area contributed by atoms with Gasteiger partial charge in [0.1, 0.15) is 6.61 Å². The Bertz CT molecular complexity index is 503. The van der Waals surface area contributed by atoms with E-state index < -0.39 is 18.0 Å². The summed E-state index contributed by atoms with van der Waals surface area (Å²) in [5.74, 6) is -1.20. The number of hydrogen-bond donors (Lipinski definition) is 1. The summed E-state index contributed by atoms with van der Waals surface area (Å²) >= 11 is 0. The van der Waals surface area contributed by atoms with E-state index in [1.54, 1.807) is 13.8 Å². The van der Waals surface area contributed by atoms with Crippen molar-refractivity contribution >= 4 is 17.8 Å². The van der Waals surface area contributed by atoms with E-state index in [-0.39, 0.29) is 24.7 Å². The van der Waals surface area contributed by atoms with Gasteiger partial charge in [0, 0.05) is 6.61 Å². The lowest BCUT2D eigenvalue weighted by Gasteiger charge is -2.15. The number of esters is 2. The molecule has 22 heavy (non-hydrogen) atoms. The van der Waals surface area contributed by atoms with Gasteiger partial charge in [-0.1, -0.05) is 12.1 Å². The molecule has 0 amide bonds. The molecule has 1 rings (SSSR count). The first-order valence-electron chi connectivity index (χ1n) is 7.18. The highest BCUT2D eigenvalue weighted by Gasteiger charge is 2.27. The summed E-state index contributed by atoms with van der Waals surface area (Å²) in [4.78, 5) is 23.7. The highest BCUT2D eigenvalue weighted by molar-refractivity contribution is 5.92. The van der Waals surface area contributed by atoms with Crippen LogP contribution in [0.1, 0.15) is 43.7 Å². The number of ether oxygens (including phenoxy) is 3. The van der Waals surface area contributed by atoms with Crippen LogP contribution in [0.4, 0.5) is 5.82 Å². The van der Waals surface area contributed by atoms with Crippen LogP contribution in [-0.4, -0.2) is 53.4 Å². The summed E-state index contributed by atoms with van der Waals surface area (Å²) < 4.78 is 16.2. The molecule has 124 valence electrons. The normalized spacial score (nSPS) is 12.0. The van der Waals surface area contributed by atoms with Crippen LogP contribution in [0.5, 0.6) is 0 Å². The Morgan fingerprint density at radius 3 is 2.50 bits per heavy atom. The van der Waals surface area contributed by atoms with Gasteiger partial charge >= 0.3 is 11.9 Å². The van der Waals surface area contributed by atoms with Crippen LogP contribution in [0.25, 0.3) is 0 Å². The molecule has 0 radical (unpaired) electrons. The highest BCUT2D eigenvalue weighted by atomic mass is 16.6. The second kappa shape index (κ2) is 8.98. The number of carbonyl (C=O) groups is 2. The first-order chi connectivity index (χ1) is 10.6. The number of nitrogens with zero attached hydrogens (tertiary/aromatic N) is 3. The fraction of sp³-hybridized carbons (Fsp3) is 0.692. The van der Waals surface area contributed by atoms with Gasteiger partial charge in [-0.3, -0.25) is 0 Å². The van der Waals surface area contributed by atoms with Crippen molar-refractivity contribution in [3.8, 4) is 0 Å². The molecule has 0 saturated heterocycles. The van der Waals surface area contributed by atoms with Gasteiger partial charge in [0.2, 0.25) is 5.69 Å². The zero-order valence-corrected chi connectivity index (χ0v) is 13.1. The largest absolute Gasteiger partial charge is 0.462 e. The van der Waals surface area contributed by atoms with E-state index in [4.69, 9.17) is 19.9 Å². The number of rotatable bonds is 9. The number of anilines is 1. The molecule has 9 heteroatoms. The topological polar surface area (TPSA) is 119 Å². The Morgan fingerprint density at radius 2 is 1.91 bits per heavy atom. The number of aromatic nitrogens is 3. The summed E-state index contributed by atoms with van der Waals surface area (Å²) in [6.45, 7) is 6.50. The molecule has 0 bridgehead atoms. The summed E-state index contributed by atoms with van der Waals surface area (Å²) in [5, 5.41) is 7.44. The third-order valence-corrected chi connectivity index (χ3v) is 2.83. The molecular weight excluding hydrogens is 292 g/mol. The van der Waals surface area contributed by atoms with Crippen LogP contribution in [0.2, 0.25) is 0 Å². The van der Waals surface area contributed by atoms with Gasteiger partial charge < -0.3 is 19.9 Å². The zero-order valence-electron chi connectivity index (χ0n) is 13.1. The fourth-order valence-corrected chi connectivity index (χ4v) is 1.76. The summed E-state index contributed by atoms with van der Waals surface area (Å²) in [5.41, 5.74) is 5.72. The number of carbonyl (C=O) groups excluding carboxylic acids is 2. The van der Waals surface area contributed by atoms with E-state index in [0.717, 1.165) is 0 Å². The minimum atomic E-state index is -0.752. The minimum absolute atomic E-state index is 0.0212. The van der Waals surface area contributed by atoms with Crippen LogP contribution in [0.15, 0.2) is 0 Å². The van der Waals surface area contributed by atoms with Crippen molar-refractivity contribution in [2.45, 2.75) is 33.2 Å². The zero-order chi connectivity index (χ0) is 16.5. The Morgan fingerprint density at radius 1 is 1.18 bits per heavy atom. The second-order valence-corrected chi connectivity index (χ2v) is 4.28. The van der Waals surface area contributed by atoms with E-state index in [0.29, 0.717) is 19.6 Å². The first-order valence-corrected chi connectivity index (χ1v) is 7.18. The van der Waals surface area contributed by atoms with Crippen molar-refractivity contribution in [2.75, 3.05) is 32.2 Å². The predicted octanol–water partition coefficient (Wildman–Crippen LogP) is 0.568. The van der Waals surface area contributed by atoms with Gasteiger partial charge in [-0.25, -0.2) is 14.3 Å². The lowest BCUT2D eigenvalue weighted by molar-refractivity contribution is -0.149. The molecule has 1 heterocycles. The molecular formula is C13H22N4O5. The van der Waals surface area contributed by atoms with Crippen molar-refractivity contribution in [3.63, 3.8) is 0 Å². The first kappa shape index (κ1) is 17.9. The van der Waals surface area contributed by atoms with E-state index >= 15 is 0 Å². The number of nitrogen functional groups attached to an aromatic ring is 1. The number of hydrogen-bond acceptors (Lipinski definition) is 8. The molecule has 0 aromatic carbocycles. The lowest BCUT2D eigenvalue weighted by atomic mass is 10.2. The van der Waals surface area contributed by atoms with E-state index in [2.05, 4.69) is 10.3 Å². The van der Waals surface area contributed by atoms with Crippen LogP contribution in [-0.2, 0) is 19.0 Å². The van der Waals surface area contributed by atoms with E-state index in [1.807, 2.05) is 6.92 Å². The average Bonchev–Trinajstić information content (AvgIpc) is 2.87. The third-order valence-electron chi connectivity index (χ3n) is 2.83. The molecule has 1 aromatic rings. The molecule has 9 nitrogen and oxygen atoms in total. The Kier molecular flexibility index (Phi) is 7.30. The lowest BCUT2D eigenvalue weighted by Crippen LogP contribution is -2.25. The molecule has 0 aliphatic heterocycles. The van der Waals surface area contributed by atoms with Crippen molar-refractivity contribution in [1.82, 2.24) is 15.0 Å². The molecule has 0 aliphatic rings. The Balaban J connectivity index is 2.78. The summed E-state index contributed by atoms with van der Waals surface area (Å²) in [7, 11) is 0. The van der Waals surface area contributed by atoms with E-state index in [9.17, 15) is 9.59 Å².